The van der Waals surface area contributed by atoms with E-state index in [4.69, 9.17) is 4.74 Å². The van der Waals surface area contributed by atoms with Crippen molar-refractivity contribution in [3.05, 3.63) is 84.0 Å². The van der Waals surface area contributed by atoms with E-state index in [1.54, 1.807) is 12.1 Å². The Bertz CT molecular complexity index is 1310. The van der Waals surface area contributed by atoms with Crippen LogP contribution in [0.25, 0.3) is 0 Å². The summed E-state index contributed by atoms with van der Waals surface area (Å²) in [5, 5.41) is 17.9. The van der Waals surface area contributed by atoms with Crippen molar-refractivity contribution in [3.8, 4) is 5.75 Å². The lowest BCUT2D eigenvalue weighted by Gasteiger charge is -2.38. The van der Waals surface area contributed by atoms with E-state index in [0.29, 0.717) is 12.2 Å². The number of carbonyl (C=O) groups is 1. The maximum absolute atomic E-state index is 13.6. The summed E-state index contributed by atoms with van der Waals surface area (Å²) in [5.41, 5.74) is 1.68. The van der Waals surface area contributed by atoms with Gasteiger partial charge in [0.15, 0.2) is 0 Å². The lowest BCUT2D eigenvalue weighted by atomic mass is 9.77. The van der Waals surface area contributed by atoms with Gasteiger partial charge in [-0.1, -0.05) is 74.9 Å². The first-order chi connectivity index (χ1) is 19.4. The molecule has 4 atom stereocenters. The van der Waals surface area contributed by atoms with Gasteiger partial charge in [-0.25, -0.2) is 8.42 Å². The van der Waals surface area contributed by atoms with Crippen LogP contribution in [-0.4, -0.2) is 68.2 Å². The van der Waals surface area contributed by atoms with Gasteiger partial charge in [-0.05, 0) is 61.9 Å². The fraction of sp³-hybridized carbons (Fsp3) is 0.469. The van der Waals surface area contributed by atoms with Gasteiger partial charge in [0.1, 0.15) is 5.75 Å². The molecule has 0 heterocycles. The SMILES string of the molecule is COc1ccc(S(=O)(=O)N(CC(C)C)C[C@@H](O)[C@H](Cc2ccccc2)NC(=O)CNC2(C)C(C)=CC=CC2C)cc1. The molecule has 3 rings (SSSR count). The number of aliphatic hydroxyl groups excluding tert-OH is 1. The van der Waals surface area contributed by atoms with Gasteiger partial charge in [0.2, 0.25) is 15.9 Å². The van der Waals surface area contributed by atoms with Crippen LogP contribution in [0.3, 0.4) is 0 Å². The molecule has 0 saturated heterocycles. The summed E-state index contributed by atoms with van der Waals surface area (Å²) in [6, 6.07) is 15.0. The Labute approximate surface area is 245 Å². The summed E-state index contributed by atoms with van der Waals surface area (Å²) in [7, 11) is -2.40. The first-order valence-electron chi connectivity index (χ1n) is 14.1. The standard InChI is InChI=1S/C32H45N3O5S/c1-23(2)21-35(41(38,39)28-17-15-27(40-6)16-18-28)22-30(36)29(19-26-13-8-7-9-14-26)34-31(37)20-33-32(5)24(3)11-10-12-25(32)4/h7-18,23-24,29-30,33,36H,19-22H2,1-6H3,(H,34,37)/t24?,29-,30+,32?/m0/s1. The number of hydrogen-bond donors (Lipinski definition) is 3. The third-order valence-electron chi connectivity index (χ3n) is 7.86. The van der Waals surface area contributed by atoms with Crippen molar-refractivity contribution in [2.45, 2.75) is 63.6 Å². The number of rotatable bonds is 14. The predicted octanol–water partition coefficient (Wildman–Crippen LogP) is 3.93. The third-order valence-corrected chi connectivity index (χ3v) is 9.70. The van der Waals surface area contributed by atoms with Gasteiger partial charge in [-0.15, -0.1) is 0 Å². The lowest BCUT2D eigenvalue weighted by molar-refractivity contribution is -0.122. The zero-order chi connectivity index (χ0) is 30.2. The average molecular weight is 584 g/mol. The number of amides is 1. The molecule has 0 aromatic heterocycles. The highest BCUT2D eigenvalue weighted by atomic mass is 32.2. The highest BCUT2D eigenvalue weighted by molar-refractivity contribution is 7.89. The molecule has 1 aliphatic carbocycles. The molecule has 0 bridgehead atoms. The molecule has 9 heteroatoms. The lowest BCUT2D eigenvalue weighted by Crippen LogP contribution is -2.56. The number of methoxy groups -OCH3 is 1. The van der Waals surface area contributed by atoms with E-state index >= 15 is 0 Å². The molecule has 0 aliphatic heterocycles. The van der Waals surface area contributed by atoms with E-state index in [0.717, 1.165) is 11.1 Å². The van der Waals surface area contributed by atoms with Gasteiger partial charge in [0.05, 0.1) is 30.7 Å². The minimum Gasteiger partial charge on any atom is -0.497 e. The number of carbonyl (C=O) groups excluding carboxylic acids is 1. The topological polar surface area (TPSA) is 108 Å². The Morgan fingerprint density at radius 3 is 2.34 bits per heavy atom. The molecule has 2 aromatic carbocycles. The Kier molecular flexibility index (Phi) is 11.3. The molecular weight excluding hydrogens is 538 g/mol. The monoisotopic (exact) mass is 583 g/mol. The van der Waals surface area contributed by atoms with Crippen LogP contribution in [0, 0.1) is 11.8 Å². The van der Waals surface area contributed by atoms with Crippen molar-refractivity contribution in [3.63, 3.8) is 0 Å². The van der Waals surface area contributed by atoms with Crippen LogP contribution in [0.2, 0.25) is 0 Å². The minimum atomic E-state index is -3.92. The van der Waals surface area contributed by atoms with Crippen LogP contribution in [0.4, 0.5) is 0 Å². The second-order valence-electron chi connectivity index (χ2n) is 11.4. The number of allylic oxidation sites excluding steroid dienone is 2. The van der Waals surface area contributed by atoms with Crippen LogP contribution in [0.5, 0.6) is 5.75 Å². The first-order valence-corrected chi connectivity index (χ1v) is 15.6. The Hall–Kier alpha value is -2.98. The molecule has 2 aromatic rings. The number of benzene rings is 2. The van der Waals surface area contributed by atoms with Crippen LogP contribution in [-0.2, 0) is 21.2 Å². The Morgan fingerprint density at radius 1 is 1.10 bits per heavy atom. The summed E-state index contributed by atoms with van der Waals surface area (Å²) in [5.74, 6) is 0.495. The van der Waals surface area contributed by atoms with Gasteiger partial charge in [0, 0.05) is 18.6 Å². The van der Waals surface area contributed by atoms with Gasteiger partial charge >= 0.3 is 0 Å². The number of sulfonamides is 1. The Morgan fingerprint density at radius 2 is 1.76 bits per heavy atom. The highest BCUT2D eigenvalue weighted by Crippen LogP contribution is 2.30. The average Bonchev–Trinajstić information content (AvgIpc) is 2.94. The zero-order valence-corrected chi connectivity index (χ0v) is 25.8. The predicted molar refractivity (Wildman–Crippen MR) is 163 cm³/mol. The van der Waals surface area contributed by atoms with Gasteiger partial charge in [-0.2, -0.15) is 4.31 Å². The van der Waals surface area contributed by atoms with E-state index < -0.39 is 22.2 Å². The number of ether oxygens (including phenoxy) is 1. The van der Waals surface area contributed by atoms with E-state index in [1.807, 2.05) is 63.3 Å². The van der Waals surface area contributed by atoms with Crippen molar-refractivity contribution in [2.75, 3.05) is 26.7 Å². The van der Waals surface area contributed by atoms with E-state index in [9.17, 15) is 18.3 Å². The van der Waals surface area contributed by atoms with E-state index in [-0.39, 0.29) is 47.8 Å². The molecule has 224 valence electrons. The first kappa shape index (κ1) is 32.5. The fourth-order valence-electron chi connectivity index (χ4n) is 4.98. The van der Waals surface area contributed by atoms with Gasteiger partial charge in [0.25, 0.3) is 0 Å². The second kappa shape index (κ2) is 14.3. The molecular formula is C32H45N3O5S. The van der Waals surface area contributed by atoms with Crippen LogP contribution in [0.1, 0.15) is 40.2 Å². The van der Waals surface area contributed by atoms with Crippen molar-refractivity contribution < 1.29 is 23.1 Å². The molecule has 1 aliphatic rings. The molecule has 0 saturated carbocycles. The number of aliphatic hydroxyl groups is 1. The maximum atomic E-state index is 13.6. The summed E-state index contributed by atoms with van der Waals surface area (Å²) < 4.78 is 33.8. The van der Waals surface area contributed by atoms with E-state index in [1.165, 1.54) is 23.5 Å². The van der Waals surface area contributed by atoms with Crippen molar-refractivity contribution in [2.24, 2.45) is 11.8 Å². The molecule has 1 amide bonds. The maximum Gasteiger partial charge on any atom is 0.243 e. The summed E-state index contributed by atoms with van der Waals surface area (Å²) in [6.07, 6.45) is 5.37. The quantitative estimate of drug-likeness (QED) is 0.311. The molecule has 0 radical (unpaired) electrons. The van der Waals surface area contributed by atoms with Crippen LogP contribution >= 0.6 is 0 Å². The summed E-state index contributed by atoms with van der Waals surface area (Å²) >= 11 is 0. The smallest absolute Gasteiger partial charge is 0.243 e. The molecule has 41 heavy (non-hydrogen) atoms. The molecule has 3 N–H and O–H groups in total. The summed E-state index contributed by atoms with van der Waals surface area (Å²) in [4.78, 5) is 13.3. The minimum absolute atomic E-state index is 0.0187. The molecule has 8 nitrogen and oxygen atoms in total. The fourth-order valence-corrected chi connectivity index (χ4v) is 6.60. The highest BCUT2D eigenvalue weighted by Gasteiger charge is 2.34. The summed E-state index contributed by atoms with van der Waals surface area (Å²) in [6.45, 7) is 10.2. The zero-order valence-electron chi connectivity index (χ0n) is 25.0. The van der Waals surface area contributed by atoms with Crippen molar-refractivity contribution >= 4 is 15.9 Å². The van der Waals surface area contributed by atoms with E-state index in [2.05, 4.69) is 30.6 Å². The second-order valence-corrected chi connectivity index (χ2v) is 13.3. The molecule has 0 spiro atoms. The number of nitrogens with zero attached hydrogens (tertiary/aromatic N) is 1. The largest absolute Gasteiger partial charge is 0.497 e. The van der Waals surface area contributed by atoms with Crippen molar-refractivity contribution in [1.29, 1.82) is 0 Å². The Balaban J connectivity index is 1.80. The van der Waals surface area contributed by atoms with Crippen molar-refractivity contribution in [1.82, 2.24) is 14.9 Å². The third kappa shape index (κ3) is 8.52. The molecule has 2 unspecified atom stereocenters. The normalized spacial score (nSPS) is 20.5. The number of hydrogen-bond acceptors (Lipinski definition) is 6. The van der Waals surface area contributed by atoms with Gasteiger partial charge < -0.3 is 15.2 Å². The molecule has 0 fully saturated rings. The number of nitrogens with one attached hydrogen (secondary N) is 2. The van der Waals surface area contributed by atoms with Crippen LogP contribution in [0.15, 0.2) is 83.3 Å². The van der Waals surface area contributed by atoms with Gasteiger partial charge in [-0.3, -0.25) is 10.1 Å². The van der Waals surface area contributed by atoms with Crippen LogP contribution < -0.4 is 15.4 Å².